The highest BCUT2D eigenvalue weighted by atomic mass is 79.9. The predicted octanol–water partition coefficient (Wildman–Crippen LogP) is 3.36. The molecule has 2 aromatic rings. The van der Waals surface area contributed by atoms with E-state index in [4.69, 9.17) is 5.73 Å². The van der Waals surface area contributed by atoms with Crippen LogP contribution in [0.4, 0.5) is 14.5 Å². The van der Waals surface area contributed by atoms with Crippen molar-refractivity contribution in [3.05, 3.63) is 44.7 Å². The molecule has 0 unspecified atom stereocenters. The largest absolute Gasteiger partial charge is 0.326 e. The zero-order valence-electron chi connectivity index (χ0n) is 10.8. The summed E-state index contributed by atoms with van der Waals surface area (Å²) in [5, 5.41) is 0. The molecular weight excluding hydrogens is 386 g/mol. The van der Waals surface area contributed by atoms with Gasteiger partial charge in [-0.05, 0) is 40.5 Å². The molecule has 0 saturated carbocycles. The maximum Gasteiger partial charge on any atom is 0.271 e. The summed E-state index contributed by atoms with van der Waals surface area (Å²) in [4.78, 5) is 0.720. The van der Waals surface area contributed by atoms with Crippen molar-refractivity contribution in [2.24, 2.45) is 5.73 Å². The summed E-state index contributed by atoms with van der Waals surface area (Å²) in [6.07, 6.45) is 0. The fourth-order valence-electron chi connectivity index (χ4n) is 1.62. The van der Waals surface area contributed by atoms with Crippen molar-refractivity contribution in [2.45, 2.75) is 17.7 Å². The van der Waals surface area contributed by atoms with Gasteiger partial charge >= 0.3 is 0 Å². The van der Waals surface area contributed by atoms with Crippen molar-refractivity contribution in [2.75, 3.05) is 4.72 Å². The summed E-state index contributed by atoms with van der Waals surface area (Å²) in [7, 11) is -3.99. The Kier molecular flexibility index (Phi) is 4.66. The van der Waals surface area contributed by atoms with Crippen LogP contribution in [-0.2, 0) is 16.6 Å². The molecule has 1 heterocycles. The minimum Gasteiger partial charge on any atom is -0.326 e. The van der Waals surface area contributed by atoms with Gasteiger partial charge in [0.05, 0.1) is 10.2 Å². The van der Waals surface area contributed by atoms with Gasteiger partial charge in [0.25, 0.3) is 10.0 Å². The fraction of sp³-hybridized carbons (Fsp3) is 0.167. The average molecular weight is 397 g/mol. The van der Waals surface area contributed by atoms with Gasteiger partial charge in [0, 0.05) is 17.5 Å². The van der Waals surface area contributed by atoms with Crippen molar-refractivity contribution in [1.29, 1.82) is 0 Å². The first kappa shape index (κ1) is 16.3. The maximum atomic E-state index is 13.7. The molecule has 9 heteroatoms. The van der Waals surface area contributed by atoms with Crippen molar-refractivity contribution in [1.82, 2.24) is 0 Å². The summed E-state index contributed by atoms with van der Waals surface area (Å²) in [6.45, 7) is 1.95. The van der Waals surface area contributed by atoms with Crippen LogP contribution in [0.5, 0.6) is 0 Å². The third kappa shape index (κ3) is 3.42. The van der Waals surface area contributed by atoms with Gasteiger partial charge in [0.15, 0.2) is 0 Å². The van der Waals surface area contributed by atoms with Crippen LogP contribution in [0.2, 0.25) is 0 Å². The molecule has 0 saturated heterocycles. The second-order valence-corrected chi connectivity index (χ2v) is 8.13. The lowest BCUT2D eigenvalue weighted by molar-refractivity contribution is 0.592. The van der Waals surface area contributed by atoms with Crippen LogP contribution in [0, 0.1) is 18.6 Å². The number of rotatable bonds is 4. The smallest absolute Gasteiger partial charge is 0.271 e. The van der Waals surface area contributed by atoms with Crippen molar-refractivity contribution >= 4 is 43.0 Å². The Morgan fingerprint density at radius 1 is 1.29 bits per heavy atom. The average Bonchev–Trinajstić information content (AvgIpc) is 2.78. The molecule has 0 aliphatic rings. The first-order chi connectivity index (χ1) is 9.74. The number of benzene rings is 1. The normalized spacial score (nSPS) is 11.7. The first-order valence-electron chi connectivity index (χ1n) is 5.71. The van der Waals surface area contributed by atoms with E-state index in [1.807, 2.05) is 4.72 Å². The van der Waals surface area contributed by atoms with Crippen LogP contribution < -0.4 is 10.5 Å². The summed E-state index contributed by atoms with van der Waals surface area (Å²) in [5.41, 5.74) is 5.79. The molecule has 114 valence electrons. The Morgan fingerprint density at radius 2 is 1.95 bits per heavy atom. The Labute approximate surface area is 133 Å². The molecule has 1 aromatic carbocycles. The summed E-state index contributed by atoms with van der Waals surface area (Å²) in [6, 6.07) is 3.09. The Morgan fingerprint density at radius 3 is 2.52 bits per heavy atom. The number of hydrogen-bond acceptors (Lipinski definition) is 4. The van der Waals surface area contributed by atoms with Gasteiger partial charge in [0.2, 0.25) is 0 Å². The molecule has 0 atom stereocenters. The molecule has 0 aliphatic heterocycles. The molecule has 0 aliphatic carbocycles. The van der Waals surface area contributed by atoms with E-state index in [0.29, 0.717) is 0 Å². The highest BCUT2D eigenvalue weighted by Gasteiger charge is 2.21. The van der Waals surface area contributed by atoms with Gasteiger partial charge in [0.1, 0.15) is 15.8 Å². The third-order valence-electron chi connectivity index (χ3n) is 2.70. The third-order valence-corrected chi connectivity index (χ3v) is 6.41. The number of thiophene rings is 1. The molecule has 21 heavy (non-hydrogen) atoms. The minimum atomic E-state index is -3.99. The van der Waals surface area contributed by atoms with E-state index in [9.17, 15) is 17.2 Å². The van der Waals surface area contributed by atoms with E-state index in [2.05, 4.69) is 15.9 Å². The summed E-state index contributed by atoms with van der Waals surface area (Å²) < 4.78 is 53.4. The van der Waals surface area contributed by atoms with Crippen LogP contribution >= 0.6 is 27.3 Å². The van der Waals surface area contributed by atoms with Crippen LogP contribution in [0.25, 0.3) is 0 Å². The maximum absolute atomic E-state index is 13.7. The number of halogens is 3. The van der Waals surface area contributed by atoms with Crippen LogP contribution in [-0.4, -0.2) is 8.42 Å². The number of hydrogen-bond donors (Lipinski definition) is 2. The van der Waals surface area contributed by atoms with E-state index in [1.54, 1.807) is 6.92 Å². The molecule has 1 aromatic heterocycles. The molecule has 0 amide bonds. The van der Waals surface area contributed by atoms with E-state index in [1.165, 1.54) is 6.07 Å². The second-order valence-electron chi connectivity index (χ2n) is 4.23. The molecule has 0 bridgehead atoms. The highest BCUT2D eigenvalue weighted by Crippen LogP contribution is 2.29. The standard InChI is InChI=1S/C12H11BrF2N2O2S2/c1-6-2-12(20-11(6)5-16)21(18,19)17-10-4-8(14)7(13)3-9(10)15/h2-4,17H,5,16H2,1H3. The van der Waals surface area contributed by atoms with Crippen LogP contribution in [0.15, 0.2) is 26.9 Å². The number of aryl methyl sites for hydroxylation is 1. The topological polar surface area (TPSA) is 72.2 Å². The van der Waals surface area contributed by atoms with Crippen LogP contribution in [0.3, 0.4) is 0 Å². The summed E-state index contributed by atoms with van der Waals surface area (Å²) in [5.74, 6) is -1.64. The fourth-order valence-corrected chi connectivity index (χ4v) is 4.46. The van der Waals surface area contributed by atoms with Gasteiger partial charge in [-0.15, -0.1) is 11.3 Å². The van der Waals surface area contributed by atoms with Crippen molar-refractivity contribution in [3.63, 3.8) is 0 Å². The van der Waals surface area contributed by atoms with Crippen molar-refractivity contribution < 1.29 is 17.2 Å². The predicted molar refractivity (Wildman–Crippen MR) is 81.8 cm³/mol. The van der Waals surface area contributed by atoms with Gasteiger partial charge in [-0.3, -0.25) is 4.72 Å². The minimum absolute atomic E-state index is 0.00294. The lowest BCUT2D eigenvalue weighted by Gasteiger charge is -2.08. The quantitative estimate of drug-likeness (QED) is 0.778. The first-order valence-corrected chi connectivity index (χ1v) is 8.80. The van der Waals surface area contributed by atoms with Gasteiger partial charge in [-0.25, -0.2) is 17.2 Å². The van der Waals surface area contributed by atoms with E-state index in [0.717, 1.165) is 33.9 Å². The van der Waals surface area contributed by atoms with Gasteiger partial charge in [-0.1, -0.05) is 0 Å². The lowest BCUT2D eigenvalue weighted by atomic mass is 10.3. The van der Waals surface area contributed by atoms with E-state index in [-0.39, 0.29) is 15.2 Å². The Balaban J connectivity index is 2.39. The Bertz CT molecular complexity index is 791. The highest BCUT2D eigenvalue weighted by molar-refractivity contribution is 9.10. The summed E-state index contributed by atoms with van der Waals surface area (Å²) >= 11 is 3.82. The molecule has 0 spiro atoms. The zero-order valence-corrected chi connectivity index (χ0v) is 14.0. The molecular formula is C12H11BrF2N2O2S2. The van der Waals surface area contributed by atoms with Crippen LogP contribution in [0.1, 0.15) is 10.4 Å². The van der Waals surface area contributed by atoms with E-state index < -0.39 is 27.3 Å². The second kappa shape index (κ2) is 5.99. The lowest BCUT2D eigenvalue weighted by Crippen LogP contribution is -2.13. The molecule has 3 N–H and O–H groups in total. The number of nitrogens with two attached hydrogens (primary N) is 1. The Hall–Kier alpha value is -1.03. The number of sulfonamides is 1. The molecule has 0 fully saturated rings. The monoisotopic (exact) mass is 396 g/mol. The number of anilines is 1. The zero-order chi connectivity index (χ0) is 15.8. The SMILES string of the molecule is Cc1cc(S(=O)(=O)Nc2cc(F)c(Br)cc2F)sc1CN. The van der Waals surface area contributed by atoms with Crippen molar-refractivity contribution in [3.8, 4) is 0 Å². The molecule has 0 radical (unpaired) electrons. The molecule has 2 rings (SSSR count). The van der Waals surface area contributed by atoms with Gasteiger partial charge in [-0.2, -0.15) is 0 Å². The van der Waals surface area contributed by atoms with E-state index >= 15 is 0 Å². The molecule has 4 nitrogen and oxygen atoms in total. The van der Waals surface area contributed by atoms with Gasteiger partial charge < -0.3 is 5.73 Å². The number of nitrogens with one attached hydrogen (secondary N) is 1.